The van der Waals surface area contributed by atoms with Gasteiger partial charge in [0.2, 0.25) is 5.91 Å². The van der Waals surface area contributed by atoms with Crippen molar-refractivity contribution in [1.82, 2.24) is 5.32 Å². The Bertz CT molecular complexity index is 1200. The van der Waals surface area contributed by atoms with E-state index in [0.717, 1.165) is 36.1 Å². The van der Waals surface area contributed by atoms with Gasteiger partial charge in [-0.1, -0.05) is 51.1 Å². The molecule has 4 rings (SSSR count). The van der Waals surface area contributed by atoms with Crippen LogP contribution in [0.4, 0.5) is 10.7 Å². The van der Waals surface area contributed by atoms with E-state index in [2.05, 4.69) is 36.7 Å². The summed E-state index contributed by atoms with van der Waals surface area (Å²) < 4.78 is 5.22. The monoisotopic (exact) mass is 505 g/mol. The summed E-state index contributed by atoms with van der Waals surface area (Å²) in [6, 6.07) is 17.2. The second-order valence-electron chi connectivity index (χ2n) is 10.3. The highest BCUT2D eigenvalue weighted by Gasteiger charge is 2.34. The van der Waals surface area contributed by atoms with Crippen LogP contribution < -0.4 is 20.7 Å². The van der Waals surface area contributed by atoms with Crippen LogP contribution in [0.15, 0.2) is 54.6 Å². The molecule has 0 unspecified atom stereocenters. The molecule has 7 heteroatoms. The summed E-state index contributed by atoms with van der Waals surface area (Å²) in [5, 5.41) is 9.86. The largest absolute Gasteiger partial charge is 0.497 e. The molecule has 0 radical (unpaired) electrons. The van der Waals surface area contributed by atoms with Gasteiger partial charge in [0.1, 0.15) is 10.8 Å². The van der Waals surface area contributed by atoms with Gasteiger partial charge in [0, 0.05) is 17.1 Å². The van der Waals surface area contributed by atoms with Crippen molar-refractivity contribution < 1.29 is 14.3 Å². The molecule has 1 aliphatic carbocycles. The van der Waals surface area contributed by atoms with Crippen LogP contribution in [0.5, 0.6) is 5.75 Å². The quantitative estimate of drug-likeness (QED) is 0.357. The van der Waals surface area contributed by atoms with Crippen molar-refractivity contribution in [2.24, 2.45) is 11.3 Å². The van der Waals surface area contributed by atoms with Crippen molar-refractivity contribution >= 4 is 33.8 Å². The highest BCUT2D eigenvalue weighted by molar-refractivity contribution is 7.17. The Morgan fingerprint density at radius 1 is 1.03 bits per heavy atom. The molecule has 1 aliphatic rings. The molecule has 1 heterocycles. The third kappa shape index (κ3) is 6.33. The van der Waals surface area contributed by atoms with E-state index >= 15 is 0 Å². The van der Waals surface area contributed by atoms with E-state index < -0.39 is 0 Å². The van der Waals surface area contributed by atoms with Gasteiger partial charge in [0.15, 0.2) is 0 Å². The molecule has 2 amide bonds. The molecular weight excluding hydrogens is 470 g/mol. The van der Waals surface area contributed by atoms with Crippen LogP contribution >= 0.6 is 11.3 Å². The summed E-state index contributed by atoms with van der Waals surface area (Å²) in [4.78, 5) is 27.5. The number of anilines is 2. The van der Waals surface area contributed by atoms with Gasteiger partial charge in [-0.3, -0.25) is 9.59 Å². The summed E-state index contributed by atoms with van der Waals surface area (Å²) in [5.41, 5.74) is 3.65. The van der Waals surface area contributed by atoms with Gasteiger partial charge in [-0.05, 0) is 66.0 Å². The Kier molecular flexibility index (Phi) is 8.11. The Morgan fingerprint density at radius 3 is 2.42 bits per heavy atom. The molecule has 0 aliphatic heterocycles. The first-order valence-corrected chi connectivity index (χ1v) is 13.2. The van der Waals surface area contributed by atoms with E-state index in [0.29, 0.717) is 28.7 Å². The van der Waals surface area contributed by atoms with E-state index in [9.17, 15) is 9.59 Å². The van der Waals surface area contributed by atoms with Gasteiger partial charge in [0.25, 0.3) is 5.91 Å². The molecule has 0 fully saturated rings. The number of benzene rings is 2. The average molecular weight is 506 g/mol. The SMILES string of the molecule is COc1ccc(NC(=O)c2c(NC(=O)CNCc3ccccc3)sc3c2CC[C@@H](C(C)(C)C)C3)cc1. The van der Waals surface area contributed by atoms with Crippen molar-refractivity contribution in [1.29, 1.82) is 0 Å². The number of fused-ring (bicyclic) bond motifs is 1. The summed E-state index contributed by atoms with van der Waals surface area (Å²) in [6.07, 6.45) is 2.79. The summed E-state index contributed by atoms with van der Waals surface area (Å²) in [5.74, 6) is 0.914. The Morgan fingerprint density at radius 2 is 1.75 bits per heavy atom. The van der Waals surface area contributed by atoms with Crippen LogP contribution in [0.3, 0.4) is 0 Å². The lowest BCUT2D eigenvalue weighted by Crippen LogP contribution is -2.28. The van der Waals surface area contributed by atoms with Gasteiger partial charge < -0.3 is 20.7 Å². The third-order valence-corrected chi connectivity index (χ3v) is 7.95. The van der Waals surface area contributed by atoms with Crippen LogP contribution in [0.2, 0.25) is 0 Å². The number of amides is 2. The standard InChI is InChI=1S/C29H35N3O3S/c1-29(2,3)20-10-15-23-24(16-20)36-28(32-25(33)18-30-17-19-8-6-5-7-9-19)26(23)27(34)31-21-11-13-22(35-4)14-12-21/h5-9,11-14,20,30H,10,15-18H2,1-4H3,(H,31,34)(H,32,33)/t20-/m1/s1. The van der Waals surface area contributed by atoms with Crippen LogP contribution in [0.1, 0.15) is 53.6 Å². The van der Waals surface area contributed by atoms with Crippen LogP contribution in [0, 0.1) is 11.3 Å². The van der Waals surface area contributed by atoms with Crippen molar-refractivity contribution in [2.75, 3.05) is 24.3 Å². The van der Waals surface area contributed by atoms with E-state index in [1.807, 2.05) is 54.6 Å². The fourth-order valence-corrected chi connectivity index (χ4v) is 5.95. The van der Waals surface area contributed by atoms with Crippen molar-refractivity contribution in [3.8, 4) is 5.75 Å². The third-order valence-electron chi connectivity index (χ3n) is 6.78. The number of hydrogen-bond donors (Lipinski definition) is 3. The maximum Gasteiger partial charge on any atom is 0.258 e. The Labute approximate surface area is 217 Å². The average Bonchev–Trinajstić information content (AvgIpc) is 3.21. The first kappa shape index (κ1) is 25.9. The number of thiophene rings is 1. The Hall–Kier alpha value is -3.16. The summed E-state index contributed by atoms with van der Waals surface area (Å²) in [7, 11) is 1.61. The first-order chi connectivity index (χ1) is 17.2. The lowest BCUT2D eigenvalue weighted by molar-refractivity contribution is -0.115. The number of hydrogen-bond acceptors (Lipinski definition) is 5. The smallest absolute Gasteiger partial charge is 0.258 e. The zero-order chi connectivity index (χ0) is 25.7. The number of nitrogens with one attached hydrogen (secondary N) is 3. The minimum Gasteiger partial charge on any atom is -0.497 e. The van der Waals surface area contributed by atoms with E-state index in [4.69, 9.17) is 4.74 Å². The summed E-state index contributed by atoms with van der Waals surface area (Å²) in [6.45, 7) is 7.59. The van der Waals surface area contributed by atoms with Crippen LogP contribution in [-0.2, 0) is 24.2 Å². The molecule has 36 heavy (non-hydrogen) atoms. The zero-order valence-electron chi connectivity index (χ0n) is 21.4. The number of methoxy groups -OCH3 is 1. The highest BCUT2D eigenvalue weighted by atomic mass is 32.1. The molecule has 2 aromatic carbocycles. The van der Waals surface area contributed by atoms with Crippen molar-refractivity contribution in [3.63, 3.8) is 0 Å². The lowest BCUT2D eigenvalue weighted by atomic mass is 9.72. The number of carbonyl (C=O) groups is 2. The Balaban J connectivity index is 1.52. The zero-order valence-corrected chi connectivity index (χ0v) is 22.3. The predicted molar refractivity (Wildman–Crippen MR) is 147 cm³/mol. The van der Waals surface area contributed by atoms with Gasteiger partial charge in [0.05, 0.1) is 19.2 Å². The molecule has 3 N–H and O–H groups in total. The molecule has 0 bridgehead atoms. The molecule has 0 spiro atoms. The predicted octanol–water partition coefficient (Wildman–Crippen LogP) is 5.89. The molecule has 0 saturated carbocycles. The van der Waals surface area contributed by atoms with E-state index in [1.165, 1.54) is 4.88 Å². The minimum absolute atomic E-state index is 0.157. The number of rotatable bonds is 8. The molecule has 0 saturated heterocycles. The maximum absolute atomic E-state index is 13.5. The molecule has 1 aromatic heterocycles. The molecule has 3 aromatic rings. The fraction of sp³-hybridized carbons (Fsp3) is 0.379. The van der Waals surface area contributed by atoms with Crippen molar-refractivity contribution in [2.45, 2.75) is 46.6 Å². The molecule has 1 atom stereocenters. The van der Waals surface area contributed by atoms with E-state index in [1.54, 1.807) is 18.4 Å². The van der Waals surface area contributed by atoms with Crippen molar-refractivity contribution in [3.05, 3.63) is 76.2 Å². The second kappa shape index (κ2) is 11.3. The normalized spacial score (nSPS) is 15.2. The van der Waals surface area contributed by atoms with Gasteiger partial charge in [-0.25, -0.2) is 0 Å². The second-order valence-corrected chi connectivity index (χ2v) is 11.4. The summed E-state index contributed by atoms with van der Waals surface area (Å²) >= 11 is 1.54. The van der Waals surface area contributed by atoms with Gasteiger partial charge >= 0.3 is 0 Å². The molecule has 190 valence electrons. The maximum atomic E-state index is 13.5. The van der Waals surface area contributed by atoms with Gasteiger partial charge in [-0.15, -0.1) is 11.3 Å². The van der Waals surface area contributed by atoms with Crippen LogP contribution in [-0.4, -0.2) is 25.5 Å². The lowest BCUT2D eigenvalue weighted by Gasteiger charge is -2.33. The topological polar surface area (TPSA) is 79.5 Å². The highest BCUT2D eigenvalue weighted by Crippen LogP contribution is 2.44. The number of carbonyl (C=O) groups excluding carboxylic acids is 2. The van der Waals surface area contributed by atoms with Gasteiger partial charge in [-0.2, -0.15) is 0 Å². The molecular formula is C29H35N3O3S. The fourth-order valence-electron chi connectivity index (χ4n) is 4.61. The molecule has 6 nitrogen and oxygen atoms in total. The number of ether oxygens (including phenoxy) is 1. The first-order valence-electron chi connectivity index (χ1n) is 12.4. The van der Waals surface area contributed by atoms with E-state index in [-0.39, 0.29) is 23.8 Å². The van der Waals surface area contributed by atoms with Crippen LogP contribution in [0.25, 0.3) is 0 Å². The minimum atomic E-state index is -0.195.